The summed E-state index contributed by atoms with van der Waals surface area (Å²) < 4.78 is 0. The Bertz CT molecular complexity index is 680. The van der Waals surface area contributed by atoms with Gasteiger partial charge >= 0.3 is 0 Å². The Hall–Kier alpha value is -1.88. The van der Waals surface area contributed by atoms with E-state index in [-0.39, 0.29) is 11.8 Å². The van der Waals surface area contributed by atoms with E-state index in [2.05, 4.69) is 43.9 Å². The van der Waals surface area contributed by atoms with Gasteiger partial charge in [-0.05, 0) is 44.7 Å². The quantitative estimate of drug-likeness (QED) is 0.772. The molecule has 1 atom stereocenters. The molecule has 2 aliphatic heterocycles. The second kappa shape index (κ2) is 8.87. The van der Waals surface area contributed by atoms with Gasteiger partial charge in [0.2, 0.25) is 11.8 Å². The van der Waals surface area contributed by atoms with E-state index in [4.69, 9.17) is 0 Å². The minimum atomic E-state index is 0.237. The third kappa shape index (κ3) is 4.89. The Labute approximate surface area is 163 Å². The lowest BCUT2D eigenvalue weighted by Crippen LogP contribution is -2.49. The number of rotatable bonds is 6. The molecule has 2 fully saturated rings. The van der Waals surface area contributed by atoms with Gasteiger partial charge in [0.1, 0.15) is 0 Å². The summed E-state index contributed by atoms with van der Waals surface area (Å²) in [5, 5.41) is 0. The summed E-state index contributed by atoms with van der Waals surface area (Å²) >= 11 is 0. The van der Waals surface area contributed by atoms with Crippen molar-refractivity contribution in [3.05, 3.63) is 34.9 Å². The number of carbonyl (C=O) groups excluding carboxylic acids is 2. The molecule has 0 N–H and O–H groups in total. The zero-order chi connectivity index (χ0) is 19.4. The highest BCUT2D eigenvalue weighted by molar-refractivity contribution is 5.78. The Morgan fingerprint density at radius 2 is 1.85 bits per heavy atom. The van der Waals surface area contributed by atoms with Crippen molar-refractivity contribution >= 4 is 11.8 Å². The van der Waals surface area contributed by atoms with Crippen molar-refractivity contribution in [1.29, 1.82) is 0 Å². The maximum atomic E-state index is 12.5. The molecule has 2 amide bonds. The van der Waals surface area contributed by atoms with Crippen LogP contribution in [-0.4, -0.2) is 65.8 Å². The van der Waals surface area contributed by atoms with E-state index in [0.29, 0.717) is 18.9 Å². The topological polar surface area (TPSA) is 43.9 Å². The first-order valence-corrected chi connectivity index (χ1v) is 10.3. The van der Waals surface area contributed by atoms with Crippen molar-refractivity contribution in [1.82, 2.24) is 14.7 Å². The van der Waals surface area contributed by atoms with Crippen molar-refractivity contribution in [2.24, 2.45) is 0 Å². The van der Waals surface area contributed by atoms with E-state index in [1.807, 2.05) is 9.80 Å². The minimum Gasteiger partial charge on any atom is -0.343 e. The molecule has 2 saturated heterocycles. The molecule has 27 heavy (non-hydrogen) atoms. The monoisotopic (exact) mass is 371 g/mol. The predicted octanol–water partition coefficient (Wildman–Crippen LogP) is 2.91. The third-order valence-corrected chi connectivity index (χ3v) is 6.08. The molecule has 2 heterocycles. The van der Waals surface area contributed by atoms with Crippen LogP contribution in [0.1, 0.15) is 55.3 Å². The molecule has 5 heteroatoms. The van der Waals surface area contributed by atoms with Gasteiger partial charge in [-0.3, -0.25) is 14.5 Å². The Kier molecular flexibility index (Phi) is 6.53. The van der Waals surface area contributed by atoms with Gasteiger partial charge in [-0.1, -0.05) is 23.8 Å². The van der Waals surface area contributed by atoms with Crippen LogP contribution in [0.2, 0.25) is 0 Å². The smallest absolute Gasteiger partial charge is 0.222 e. The predicted molar refractivity (Wildman–Crippen MR) is 108 cm³/mol. The zero-order valence-corrected chi connectivity index (χ0v) is 17.0. The van der Waals surface area contributed by atoms with E-state index >= 15 is 0 Å². The van der Waals surface area contributed by atoms with Gasteiger partial charge in [-0.25, -0.2) is 0 Å². The van der Waals surface area contributed by atoms with Gasteiger partial charge in [0, 0.05) is 58.2 Å². The van der Waals surface area contributed by atoms with Crippen LogP contribution in [0, 0.1) is 13.8 Å². The fraction of sp³-hybridized carbons (Fsp3) is 0.636. The molecule has 0 aliphatic carbocycles. The second-order valence-electron chi connectivity index (χ2n) is 8.04. The summed E-state index contributed by atoms with van der Waals surface area (Å²) in [6, 6.07) is 7.05. The summed E-state index contributed by atoms with van der Waals surface area (Å²) in [4.78, 5) is 30.5. The van der Waals surface area contributed by atoms with Crippen molar-refractivity contribution in [2.75, 3.05) is 39.3 Å². The molecule has 3 rings (SSSR count). The standard InChI is InChI=1S/C22H33N3O2/c1-17-8-9-20(18(2)16-17)19(3)23-12-14-25(15-13-23)22(27)7-5-11-24-10-4-6-21(24)26/h8-9,16,19H,4-7,10-15H2,1-3H3. The van der Waals surface area contributed by atoms with Gasteiger partial charge in [0.25, 0.3) is 0 Å². The second-order valence-corrected chi connectivity index (χ2v) is 8.04. The largest absolute Gasteiger partial charge is 0.343 e. The fourth-order valence-corrected chi connectivity index (χ4v) is 4.37. The lowest BCUT2D eigenvalue weighted by atomic mass is 9.98. The summed E-state index contributed by atoms with van der Waals surface area (Å²) in [6.07, 6.45) is 2.97. The van der Waals surface area contributed by atoms with Crippen LogP contribution >= 0.6 is 0 Å². The molecule has 148 valence electrons. The maximum Gasteiger partial charge on any atom is 0.222 e. The number of benzene rings is 1. The number of piperazine rings is 1. The number of aryl methyl sites for hydroxylation is 2. The SMILES string of the molecule is Cc1ccc(C(C)N2CCN(C(=O)CCCN3CCCC3=O)CC2)c(C)c1. The summed E-state index contributed by atoms with van der Waals surface area (Å²) in [5.41, 5.74) is 4.03. The first-order chi connectivity index (χ1) is 13.0. The highest BCUT2D eigenvalue weighted by Crippen LogP contribution is 2.25. The number of likely N-dealkylation sites (tertiary alicyclic amines) is 1. The van der Waals surface area contributed by atoms with Crippen LogP contribution in [0.5, 0.6) is 0 Å². The van der Waals surface area contributed by atoms with E-state index in [0.717, 1.165) is 52.1 Å². The van der Waals surface area contributed by atoms with Gasteiger partial charge in [-0.2, -0.15) is 0 Å². The number of hydrogen-bond acceptors (Lipinski definition) is 3. The number of hydrogen-bond donors (Lipinski definition) is 0. The van der Waals surface area contributed by atoms with E-state index in [9.17, 15) is 9.59 Å². The molecule has 0 spiro atoms. The normalized spacial score (nSPS) is 19.6. The Morgan fingerprint density at radius 1 is 1.11 bits per heavy atom. The molecule has 1 aromatic carbocycles. The minimum absolute atomic E-state index is 0.237. The Balaban J connectivity index is 1.43. The molecule has 0 radical (unpaired) electrons. The molecule has 1 unspecified atom stereocenters. The lowest BCUT2D eigenvalue weighted by Gasteiger charge is -2.38. The van der Waals surface area contributed by atoms with E-state index < -0.39 is 0 Å². The highest BCUT2D eigenvalue weighted by atomic mass is 16.2. The van der Waals surface area contributed by atoms with Gasteiger partial charge in [0.15, 0.2) is 0 Å². The fourth-order valence-electron chi connectivity index (χ4n) is 4.37. The third-order valence-electron chi connectivity index (χ3n) is 6.08. The van der Waals surface area contributed by atoms with Crippen LogP contribution in [0.4, 0.5) is 0 Å². The molecular weight excluding hydrogens is 338 g/mol. The van der Waals surface area contributed by atoms with Gasteiger partial charge in [-0.15, -0.1) is 0 Å². The summed E-state index contributed by atoms with van der Waals surface area (Å²) in [6.45, 7) is 11.6. The average Bonchev–Trinajstić information content (AvgIpc) is 3.06. The van der Waals surface area contributed by atoms with Crippen LogP contribution in [0.25, 0.3) is 0 Å². The van der Waals surface area contributed by atoms with Crippen molar-refractivity contribution < 1.29 is 9.59 Å². The molecular formula is C22H33N3O2. The van der Waals surface area contributed by atoms with Crippen LogP contribution in [0.15, 0.2) is 18.2 Å². The highest BCUT2D eigenvalue weighted by Gasteiger charge is 2.26. The Morgan fingerprint density at radius 3 is 2.48 bits per heavy atom. The van der Waals surface area contributed by atoms with E-state index in [1.165, 1.54) is 16.7 Å². The van der Waals surface area contributed by atoms with Crippen molar-refractivity contribution in [3.8, 4) is 0 Å². The molecule has 0 aromatic heterocycles. The van der Waals surface area contributed by atoms with Crippen molar-refractivity contribution in [2.45, 2.75) is 52.5 Å². The van der Waals surface area contributed by atoms with Gasteiger partial charge in [0.05, 0.1) is 0 Å². The van der Waals surface area contributed by atoms with Crippen LogP contribution < -0.4 is 0 Å². The lowest BCUT2D eigenvalue weighted by molar-refractivity contribution is -0.134. The average molecular weight is 372 g/mol. The molecule has 0 saturated carbocycles. The molecule has 5 nitrogen and oxygen atoms in total. The zero-order valence-electron chi connectivity index (χ0n) is 17.0. The summed E-state index contributed by atoms with van der Waals surface area (Å²) in [7, 11) is 0. The molecule has 1 aromatic rings. The molecule has 0 bridgehead atoms. The summed E-state index contributed by atoms with van der Waals surface area (Å²) in [5.74, 6) is 0.483. The number of amides is 2. The molecule has 2 aliphatic rings. The van der Waals surface area contributed by atoms with E-state index in [1.54, 1.807) is 0 Å². The number of nitrogens with zero attached hydrogens (tertiary/aromatic N) is 3. The van der Waals surface area contributed by atoms with Crippen LogP contribution in [0.3, 0.4) is 0 Å². The first-order valence-electron chi connectivity index (χ1n) is 10.3. The number of carbonyl (C=O) groups is 2. The van der Waals surface area contributed by atoms with Crippen molar-refractivity contribution in [3.63, 3.8) is 0 Å². The van der Waals surface area contributed by atoms with Gasteiger partial charge < -0.3 is 9.80 Å². The maximum absolute atomic E-state index is 12.5. The van der Waals surface area contributed by atoms with Crippen LogP contribution in [-0.2, 0) is 9.59 Å². The first kappa shape index (κ1) is 19.9.